The maximum atomic E-state index is 14.1. The maximum absolute atomic E-state index is 14.1. The van der Waals surface area contributed by atoms with Crippen LogP contribution in [0.15, 0.2) is 6.07 Å². The summed E-state index contributed by atoms with van der Waals surface area (Å²) < 4.78 is 23.9. The van der Waals surface area contributed by atoms with Crippen molar-refractivity contribution in [1.82, 2.24) is 9.97 Å². The molecule has 0 spiro atoms. The Kier molecular flexibility index (Phi) is 5.65. The van der Waals surface area contributed by atoms with Gasteiger partial charge in [-0.1, -0.05) is 0 Å². The number of alkyl halides is 1. The molecule has 22 heavy (non-hydrogen) atoms. The van der Waals surface area contributed by atoms with E-state index in [-0.39, 0.29) is 12.5 Å². The molecular formula is C15H22FN3O3. The van der Waals surface area contributed by atoms with E-state index < -0.39 is 12.1 Å². The Balaban J connectivity index is 2.05. The van der Waals surface area contributed by atoms with Gasteiger partial charge >= 0.3 is 5.97 Å². The van der Waals surface area contributed by atoms with Crippen molar-refractivity contribution in [3.63, 3.8) is 0 Å². The zero-order valence-corrected chi connectivity index (χ0v) is 13.2. The molecule has 2 rings (SSSR count). The standard InChI is InChI=1S/C15H22FN3O3/c1-4-22-15(20)14(16)11-5-6-19(8-11)13-7-10(2)17-12(18-13)9-21-3/h7,11,14H,4-6,8-9H2,1-3H3/t11-,14+/m1/s1. The molecule has 0 radical (unpaired) electrons. The normalized spacial score (nSPS) is 19.3. The van der Waals surface area contributed by atoms with Crippen molar-refractivity contribution in [2.45, 2.75) is 33.0 Å². The third-order valence-electron chi connectivity index (χ3n) is 3.63. The Morgan fingerprint density at radius 2 is 2.32 bits per heavy atom. The number of carbonyl (C=O) groups excluding carboxylic acids is 1. The summed E-state index contributed by atoms with van der Waals surface area (Å²) in [5.41, 5.74) is 0.836. The number of esters is 1. The molecule has 0 N–H and O–H groups in total. The monoisotopic (exact) mass is 311 g/mol. The van der Waals surface area contributed by atoms with Gasteiger partial charge in [-0.05, 0) is 20.3 Å². The third kappa shape index (κ3) is 3.91. The number of anilines is 1. The molecule has 0 amide bonds. The number of carbonyl (C=O) groups is 1. The van der Waals surface area contributed by atoms with E-state index in [9.17, 15) is 9.18 Å². The predicted octanol–water partition coefficient (Wildman–Crippen LogP) is 1.66. The van der Waals surface area contributed by atoms with Gasteiger partial charge < -0.3 is 14.4 Å². The Morgan fingerprint density at radius 1 is 1.55 bits per heavy atom. The highest BCUT2D eigenvalue weighted by Crippen LogP contribution is 2.27. The largest absolute Gasteiger partial charge is 0.464 e. The van der Waals surface area contributed by atoms with E-state index in [2.05, 4.69) is 9.97 Å². The summed E-state index contributed by atoms with van der Waals surface area (Å²) in [4.78, 5) is 22.2. The first-order valence-electron chi connectivity index (χ1n) is 7.44. The van der Waals surface area contributed by atoms with Crippen LogP contribution in [0.2, 0.25) is 0 Å². The molecule has 0 bridgehead atoms. The Bertz CT molecular complexity index is 527. The zero-order chi connectivity index (χ0) is 16.1. The molecule has 1 saturated heterocycles. The summed E-state index contributed by atoms with van der Waals surface area (Å²) in [5.74, 6) is 0.217. The van der Waals surface area contributed by atoms with E-state index in [0.717, 1.165) is 11.5 Å². The topological polar surface area (TPSA) is 64.5 Å². The van der Waals surface area contributed by atoms with E-state index >= 15 is 0 Å². The Labute approximate surface area is 129 Å². The minimum Gasteiger partial charge on any atom is -0.464 e. The summed E-state index contributed by atoms with van der Waals surface area (Å²) in [5, 5.41) is 0. The third-order valence-corrected chi connectivity index (χ3v) is 3.63. The van der Waals surface area contributed by atoms with Crippen LogP contribution in [-0.4, -0.2) is 48.9 Å². The lowest BCUT2D eigenvalue weighted by atomic mass is 10.0. The number of aromatic nitrogens is 2. The summed E-state index contributed by atoms with van der Waals surface area (Å²) >= 11 is 0. The smallest absolute Gasteiger partial charge is 0.341 e. The minimum atomic E-state index is -1.58. The van der Waals surface area contributed by atoms with Crippen molar-refractivity contribution < 1.29 is 18.7 Å². The van der Waals surface area contributed by atoms with Crippen LogP contribution in [0, 0.1) is 12.8 Å². The lowest BCUT2D eigenvalue weighted by Gasteiger charge is -2.19. The molecule has 1 aromatic heterocycles. The zero-order valence-electron chi connectivity index (χ0n) is 13.2. The van der Waals surface area contributed by atoms with Crippen LogP contribution < -0.4 is 4.90 Å². The van der Waals surface area contributed by atoms with Gasteiger partial charge in [0.15, 0.2) is 5.82 Å². The number of hydrogen-bond donors (Lipinski definition) is 0. The lowest BCUT2D eigenvalue weighted by molar-refractivity contribution is -0.150. The summed E-state index contributed by atoms with van der Waals surface area (Å²) in [6.07, 6.45) is -0.978. The minimum absolute atomic E-state index is 0.196. The van der Waals surface area contributed by atoms with Gasteiger partial charge in [0.2, 0.25) is 6.17 Å². The van der Waals surface area contributed by atoms with Crippen LogP contribution in [0.5, 0.6) is 0 Å². The number of aryl methyl sites for hydroxylation is 1. The van der Waals surface area contributed by atoms with Gasteiger partial charge in [-0.3, -0.25) is 0 Å². The quantitative estimate of drug-likeness (QED) is 0.745. The molecule has 0 unspecified atom stereocenters. The molecule has 1 aliphatic rings. The highest BCUT2D eigenvalue weighted by Gasteiger charge is 2.35. The number of nitrogens with zero attached hydrogens (tertiary/aromatic N) is 3. The molecule has 2 atom stereocenters. The molecule has 1 aliphatic heterocycles. The summed E-state index contributed by atoms with van der Waals surface area (Å²) in [7, 11) is 1.59. The van der Waals surface area contributed by atoms with Crippen molar-refractivity contribution >= 4 is 11.8 Å². The first-order chi connectivity index (χ1) is 10.5. The first-order valence-corrected chi connectivity index (χ1v) is 7.44. The first kappa shape index (κ1) is 16.6. The number of hydrogen-bond acceptors (Lipinski definition) is 6. The van der Waals surface area contributed by atoms with Gasteiger partial charge in [-0.25, -0.2) is 19.2 Å². The average Bonchev–Trinajstić information content (AvgIpc) is 2.96. The highest BCUT2D eigenvalue weighted by atomic mass is 19.1. The van der Waals surface area contributed by atoms with Crippen molar-refractivity contribution in [1.29, 1.82) is 0 Å². The average molecular weight is 311 g/mol. The molecule has 0 aliphatic carbocycles. The molecule has 0 saturated carbocycles. The molecule has 122 valence electrons. The Morgan fingerprint density at radius 3 is 3.00 bits per heavy atom. The number of methoxy groups -OCH3 is 1. The number of rotatable bonds is 6. The number of ether oxygens (including phenoxy) is 2. The van der Waals surface area contributed by atoms with Gasteiger partial charge in [0.25, 0.3) is 0 Å². The van der Waals surface area contributed by atoms with Gasteiger partial charge in [-0.2, -0.15) is 0 Å². The van der Waals surface area contributed by atoms with E-state index in [1.807, 2.05) is 17.9 Å². The van der Waals surface area contributed by atoms with Crippen LogP contribution in [0.25, 0.3) is 0 Å². The highest BCUT2D eigenvalue weighted by molar-refractivity contribution is 5.75. The lowest BCUT2D eigenvalue weighted by Crippen LogP contribution is -2.30. The van der Waals surface area contributed by atoms with Crippen LogP contribution in [0.4, 0.5) is 10.2 Å². The van der Waals surface area contributed by atoms with Gasteiger partial charge in [-0.15, -0.1) is 0 Å². The Hall–Kier alpha value is -1.76. The summed E-state index contributed by atoms with van der Waals surface area (Å²) in [6, 6.07) is 1.86. The molecular weight excluding hydrogens is 289 g/mol. The maximum Gasteiger partial charge on any atom is 0.341 e. The molecule has 1 fully saturated rings. The van der Waals surface area contributed by atoms with E-state index in [4.69, 9.17) is 9.47 Å². The molecule has 7 heteroatoms. The van der Waals surface area contributed by atoms with Crippen molar-refractivity contribution in [3.8, 4) is 0 Å². The van der Waals surface area contributed by atoms with Crippen LogP contribution in [0.1, 0.15) is 24.9 Å². The molecule has 6 nitrogen and oxygen atoms in total. The van der Waals surface area contributed by atoms with Crippen LogP contribution in [-0.2, 0) is 20.9 Å². The fraction of sp³-hybridized carbons (Fsp3) is 0.667. The molecule has 0 aromatic carbocycles. The summed E-state index contributed by atoms with van der Waals surface area (Å²) in [6.45, 7) is 5.19. The van der Waals surface area contributed by atoms with Crippen molar-refractivity contribution in [3.05, 3.63) is 17.6 Å². The van der Waals surface area contributed by atoms with E-state index in [1.54, 1.807) is 14.0 Å². The molecule has 1 aromatic rings. The second-order valence-corrected chi connectivity index (χ2v) is 5.37. The second kappa shape index (κ2) is 7.49. The second-order valence-electron chi connectivity index (χ2n) is 5.37. The van der Waals surface area contributed by atoms with E-state index in [1.165, 1.54) is 0 Å². The van der Waals surface area contributed by atoms with Gasteiger partial charge in [0.1, 0.15) is 12.4 Å². The van der Waals surface area contributed by atoms with E-state index in [0.29, 0.717) is 31.9 Å². The number of halogens is 1. The van der Waals surface area contributed by atoms with Crippen molar-refractivity contribution in [2.24, 2.45) is 5.92 Å². The van der Waals surface area contributed by atoms with Crippen molar-refractivity contribution in [2.75, 3.05) is 31.7 Å². The van der Waals surface area contributed by atoms with Crippen LogP contribution >= 0.6 is 0 Å². The fourth-order valence-corrected chi connectivity index (χ4v) is 2.62. The van der Waals surface area contributed by atoms with Gasteiger partial charge in [0, 0.05) is 37.9 Å². The predicted molar refractivity (Wildman–Crippen MR) is 79.3 cm³/mol. The molecule has 2 heterocycles. The SMILES string of the molecule is CCOC(=O)[C@@H](F)[C@@H]1CCN(c2cc(C)nc(COC)n2)C1. The van der Waals surface area contributed by atoms with Gasteiger partial charge in [0.05, 0.1) is 6.61 Å². The fourth-order valence-electron chi connectivity index (χ4n) is 2.62. The van der Waals surface area contributed by atoms with Crippen LogP contribution in [0.3, 0.4) is 0 Å².